The van der Waals surface area contributed by atoms with Crippen molar-refractivity contribution in [2.45, 2.75) is 33.1 Å². The van der Waals surface area contributed by atoms with Crippen molar-refractivity contribution in [3.05, 3.63) is 0 Å². The Labute approximate surface area is 94.4 Å². The van der Waals surface area contributed by atoms with Crippen LogP contribution in [-0.2, 0) is 0 Å². The Morgan fingerprint density at radius 2 is 2.00 bits per heavy atom. The molecule has 2 aliphatic heterocycles. The predicted octanol–water partition coefficient (Wildman–Crippen LogP) is 1.96. The van der Waals surface area contributed by atoms with Crippen LogP contribution in [0.3, 0.4) is 0 Å². The van der Waals surface area contributed by atoms with Gasteiger partial charge in [-0.15, -0.1) is 0 Å². The van der Waals surface area contributed by atoms with Crippen LogP contribution in [0.2, 0.25) is 0 Å². The molecule has 0 aromatic heterocycles. The van der Waals surface area contributed by atoms with Crippen molar-refractivity contribution < 1.29 is 0 Å². The van der Waals surface area contributed by atoms with Crippen LogP contribution >= 0.6 is 0 Å². The third kappa shape index (κ3) is 2.36. The van der Waals surface area contributed by atoms with E-state index in [0.29, 0.717) is 5.41 Å². The molecule has 0 aromatic carbocycles. The molecule has 0 aromatic rings. The lowest BCUT2D eigenvalue weighted by Crippen LogP contribution is -2.42. The van der Waals surface area contributed by atoms with Gasteiger partial charge < -0.3 is 10.2 Å². The van der Waals surface area contributed by atoms with E-state index in [2.05, 4.69) is 31.1 Å². The molecule has 1 atom stereocenters. The second-order valence-electron chi connectivity index (χ2n) is 6.12. The number of likely N-dealkylation sites (tertiary alicyclic amines) is 1. The third-order valence-electron chi connectivity index (χ3n) is 4.47. The Morgan fingerprint density at radius 1 is 1.33 bits per heavy atom. The molecule has 2 saturated heterocycles. The van der Waals surface area contributed by atoms with Crippen LogP contribution in [-0.4, -0.2) is 38.1 Å². The van der Waals surface area contributed by atoms with Crippen LogP contribution in [0, 0.1) is 17.3 Å². The summed E-state index contributed by atoms with van der Waals surface area (Å²) in [5.41, 5.74) is 0.650. The van der Waals surface area contributed by atoms with E-state index in [1.165, 1.54) is 45.4 Å². The summed E-state index contributed by atoms with van der Waals surface area (Å²) in [6.07, 6.45) is 4.23. The SMILES string of the molecule is CC(C)CC1CNCC12CCN(C)CC2. The molecular weight excluding hydrogens is 184 g/mol. The van der Waals surface area contributed by atoms with E-state index in [9.17, 15) is 0 Å². The maximum atomic E-state index is 3.63. The molecule has 0 aliphatic carbocycles. The molecule has 1 N–H and O–H groups in total. The standard InChI is InChI=1S/C13H26N2/c1-11(2)8-12-9-14-10-13(12)4-6-15(3)7-5-13/h11-12,14H,4-10H2,1-3H3. The van der Waals surface area contributed by atoms with Crippen molar-refractivity contribution in [3.8, 4) is 0 Å². The molecule has 0 radical (unpaired) electrons. The minimum absolute atomic E-state index is 0.650. The van der Waals surface area contributed by atoms with Crippen molar-refractivity contribution in [3.63, 3.8) is 0 Å². The van der Waals surface area contributed by atoms with Crippen LogP contribution < -0.4 is 5.32 Å². The maximum Gasteiger partial charge on any atom is 0.00120 e. The van der Waals surface area contributed by atoms with Crippen LogP contribution in [0.5, 0.6) is 0 Å². The van der Waals surface area contributed by atoms with E-state index >= 15 is 0 Å². The molecular formula is C13H26N2. The first kappa shape index (κ1) is 11.4. The second kappa shape index (κ2) is 4.42. The molecule has 0 amide bonds. The highest BCUT2D eigenvalue weighted by Crippen LogP contribution is 2.43. The van der Waals surface area contributed by atoms with Gasteiger partial charge in [-0.1, -0.05) is 13.8 Å². The van der Waals surface area contributed by atoms with E-state index in [0.717, 1.165) is 11.8 Å². The Balaban J connectivity index is 1.99. The van der Waals surface area contributed by atoms with E-state index in [1.807, 2.05) is 0 Å². The van der Waals surface area contributed by atoms with E-state index in [4.69, 9.17) is 0 Å². The normalized spacial score (nSPS) is 31.6. The summed E-state index contributed by atoms with van der Waals surface area (Å²) in [5, 5.41) is 3.63. The molecule has 2 nitrogen and oxygen atoms in total. The number of hydrogen-bond acceptors (Lipinski definition) is 2. The average Bonchev–Trinajstić information content (AvgIpc) is 2.54. The Hall–Kier alpha value is -0.0800. The quantitative estimate of drug-likeness (QED) is 0.749. The first-order valence-corrected chi connectivity index (χ1v) is 6.52. The summed E-state index contributed by atoms with van der Waals surface area (Å²) in [4.78, 5) is 2.48. The highest BCUT2D eigenvalue weighted by atomic mass is 15.1. The van der Waals surface area contributed by atoms with Gasteiger partial charge in [-0.2, -0.15) is 0 Å². The average molecular weight is 210 g/mol. The molecule has 1 unspecified atom stereocenters. The van der Waals surface area contributed by atoms with Crippen LogP contribution in [0.1, 0.15) is 33.1 Å². The molecule has 1 spiro atoms. The number of hydrogen-bond donors (Lipinski definition) is 1. The molecule has 0 bridgehead atoms. The summed E-state index contributed by atoms with van der Waals surface area (Å²) in [6, 6.07) is 0. The molecule has 2 fully saturated rings. The number of nitrogens with one attached hydrogen (secondary N) is 1. The van der Waals surface area contributed by atoms with E-state index < -0.39 is 0 Å². The molecule has 2 heterocycles. The Kier molecular flexibility index (Phi) is 3.36. The highest BCUT2D eigenvalue weighted by Gasteiger charge is 2.43. The first-order chi connectivity index (χ1) is 7.12. The highest BCUT2D eigenvalue weighted by molar-refractivity contribution is 4.97. The molecule has 2 heteroatoms. The minimum atomic E-state index is 0.650. The fraction of sp³-hybridized carbons (Fsp3) is 1.00. The predicted molar refractivity (Wildman–Crippen MR) is 65.0 cm³/mol. The van der Waals surface area contributed by atoms with Gasteiger partial charge in [-0.25, -0.2) is 0 Å². The van der Waals surface area contributed by atoms with Crippen molar-refractivity contribution in [2.24, 2.45) is 17.3 Å². The summed E-state index contributed by atoms with van der Waals surface area (Å²) >= 11 is 0. The van der Waals surface area contributed by atoms with Gasteiger partial charge in [0.05, 0.1) is 0 Å². The zero-order valence-electron chi connectivity index (χ0n) is 10.6. The van der Waals surface area contributed by atoms with Crippen molar-refractivity contribution in [1.29, 1.82) is 0 Å². The number of piperidine rings is 1. The lowest BCUT2D eigenvalue weighted by Gasteiger charge is -2.42. The summed E-state index contributed by atoms with van der Waals surface area (Å²) in [5.74, 6) is 1.79. The monoisotopic (exact) mass is 210 g/mol. The van der Waals surface area contributed by atoms with Crippen molar-refractivity contribution >= 4 is 0 Å². The van der Waals surface area contributed by atoms with Gasteiger partial charge in [0, 0.05) is 6.54 Å². The van der Waals surface area contributed by atoms with Gasteiger partial charge in [0.15, 0.2) is 0 Å². The lowest BCUT2D eigenvalue weighted by molar-refractivity contribution is 0.0863. The van der Waals surface area contributed by atoms with Gasteiger partial charge >= 0.3 is 0 Å². The van der Waals surface area contributed by atoms with Crippen LogP contribution in [0.4, 0.5) is 0 Å². The summed E-state index contributed by atoms with van der Waals surface area (Å²) in [6.45, 7) is 9.87. The largest absolute Gasteiger partial charge is 0.316 e. The second-order valence-corrected chi connectivity index (χ2v) is 6.12. The van der Waals surface area contributed by atoms with Gasteiger partial charge in [-0.3, -0.25) is 0 Å². The van der Waals surface area contributed by atoms with Gasteiger partial charge in [-0.05, 0) is 63.2 Å². The molecule has 2 aliphatic rings. The topological polar surface area (TPSA) is 15.3 Å². The zero-order valence-corrected chi connectivity index (χ0v) is 10.6. The fourth-order valence-corrected chi connectivity index (χ4v) is 3.41. The molecule has 15 heavy (non-hydrogen) atoms. The third-order valence-corrected chi connectivity index (χ3v) is 4.47. The molecule has 88 valence electrons. The first-order valence-electron chi connectivity index (χ1n) is 6.52. The number of rotatable bonds is 2. The molecule has 2 rings (SSSR count). The van der Waals surface area contributed by atoms with E-state index in [-0.39, 0.29) is 0 Å². The Morgan fingerprint density at radius 3 is 2.60 bits per heavy atom. The summed E-state index contributed by atoms with van der Waals surface area (Å²) < 4.78 is 0. The van der Waals surface area contributed by atoms with Gasteiger partial charge in [0.25, 0.3) is 0 Å². The van der Waals surface area contributed by atoms with Crippen LogP contribution in [0.25, 0.3) is 0 Å². The molecule has 0 saturated carbocycles. The zero-order chi connectivity index (χ0) is 10.9. The van der Waals surface area contributed by atoms with E-state index in [1.54, 1.807) is 0 Å². The maximum absolute atomic E-state index is 3.63. The van der Waals surface area contributed by atoms with Crippen LogP contribution in [0.15, 0.2) is 0 Å². The van der Waals surface area contributed by atoms with Crippen molar-refractivity contribution in [1.82, 2.24) is 10.2 Å². The smallest absolute Gasteiger partial charge is 0.00120 e. The van der Waals surface area contributed by atoms with Crippen molar-refractivity contribution in [2.75, 3.05) is 33.2 Å². The Bertz CT molecular complexity index is 205. The fourth-order valence-electron chi connectivity index (χ4n) is 3.41. The minimum Gasteiger partial charge on any atom is -0.316 e. The van der Waals surface area contributed by atoms with Gasteiger partial charge in [0.1, 0.15) is 0 Å². The number of nitrogens with zero attached hydrogens (tertiary/aromatic N) is 1. The summed E-state index contributed by atoms with van der Waals surface area (Å²) in [7, 11) is 2.26. The van der Waals surface area contributed by atoms with Gasteiger partial charge in [0.2, 0.25) is 0 Å². The lowest BCUT2D eigenvalue weighted by atomic mass is 9.68.